The van der Waals surface area contributed by atoms with E-state index in [1.807, 2.05) is 35.8 Å². The van der Waals surface area contributed by atoms with E-state index in [1.54, 1.807) is 18.1 Å². The quantitative estimate of drug-likeness (QED) is 0.628. The number of ether oxygens (including phenoxy) is 1. The van der Waals surface area contributed by atoms with Crippen LogP contribution in [0.4, 0.5) is 5.69 Å². The van der Waals surface area contributed by atoms with Gasteiger partial charge in [-0.05, 0) is 25.1 Å². The van der Waals surface area contributed by atoms with Crippen molar-refractivity contribution in [1.82, 2.24) is 14.8 Å². The van der Waals surface area contributed by atoms with Gasteiger partial charge in [-0.2, -0.15) is 0 Å². The molecule has 1 amide bonds. The van der Waals surface area contributed by atoms with Gasteiger partial charge in [0.15, 0.2) is 5.16 Å². The van der Waals surface area contributed by atoms with E-state index in [0.29, 0.717) is 13.2 Å². The highest BCUT2D eigenvalue weighted by atomic mass is 32.2. The molecule has 21 heavy (non-hydrogen) atoms. The van der Waals surface area contributed by atoms with Crippen LogP contribution in [0.1, 0.15) is 13.8 Å². The molecule has 0 aliphatic rings. The van der Waals surface area contributed by atoms with E-state index in [9.17, 15) is 4.79 Å². The molecule has 0 atom stereocenters. The number of thioether (sulfide) groups is 1. The summed E-state index contributed by atoms with van der Waals surface area (Å²) in [6, 6.07) is 7.56. The maximum Gasteiger partial charge on any atom is 0.221 e. The van der Waals surface area contributed by atoms with Gasteiger partial charge >= 0.3 is 0 Å². The predicted molar refractivity (Wildman–Crippen MR) is 82.9 cm³/mol. The average Bonchev–Trinajstić information content (AvgIpc) is 2.91. The van der Waals surface area contributed by atoms with Gasteiger partial charge in [-0.15, -0.1) is 10.2 Å². The number of nitrogens with one attached hydrogen (secondary N) is 1. The minimum Gasteiger partial charge on any atom is -0.381 e. The standard InChI is InChI=1S/C14H18N4O2S/c1-3-20-7-8-21-14-17-15-10-18(14)13-6-4-5-12(9-13)16-11(2)19/h4-6,9-10H,3,7-8H2,1-2H3,(H,16,19). The molecule has 0 saturated carbocycles. The number of nitrogens with zero attached hydrogens (tertiary/aromatic N) is 3. The molecule has 0 fully saturated rings. The van der Waals surface area contributed by atoms with Gasteiger partial charge in [-0.25, -0.2) is 0 Å². The Morgan fingerprint density at radius 2 is 2.33 bits per heavy atom. The number of carbonyl (C=O) groups excluding carboxylic acids is 1. The van der Waals surface area contributed by atoms with Crippen molar-refractivity contribution in [3.8, 4) is 5.69 Å². The second kappa shape index (κ2) is 7.80. The monoisotopic (exact) mass is 306 g/mol. The van der Waals surface area contributed by atoms with Crippen LogP contribution < -0.4 is 5.32 Å². The molecule has 0 radical (unpaired) electrons. The van der Waals surface area contributed by atoms with E-state index in [4.69, 9.17) is 4.74 Å². The van der Waals surface area contributed by atoms with Crippen LogP contribution in [0.15, 0.2) is 35.7 Å². The minimum absolute atomic E-state index is 0.0952. The fraction of sp³-hybridized carbons (Fsp3) is 0.357. The lowest BCUT2D eigenvalue weighted by molar-refractivity contribution is -0.114. The first-order valence-corrected chi connectivity index (χ1v) is 7.68. The Morgan fingerprint density at radius 1 is 1.48 bits per heavy atom. The van der Waals surface area contributed by atoms with Gasteiger partial charge in [0.1, 0.15) is 6.33 Å². The van der Waals surface area contributed by atoms with Crippen LogP contribution in [0, 0.1) is 0 Å². The Morgan fingerprint density at radius 3 is 3.10 bits per heavy atom. The number of hydrogen-bond donors (Lipinski definition) is 1. The Hall–Kier alpha value is -1.86. The third-order valence-electron chi connectivity index (χ3n) is 2.62. The summed E-state index contributed by atoms with van der Waals surface area (Å²) in [6.45, 7) is 4.85. The zero-order chi connectivity index (χ0) is 15.1. The van der Waals surface area contributed by atoms with Crippen LogP contribution in [0.25, 0.3) is 5.69 Å². The lowest BCUT2D eigenvalue weighted by Crippen LogP contribution is -2.06. The van der Waals surface area contributed by atoms with E-state index in [1.165, 1.54) is 6.92 Å². The van der Waals surface area contributed by atoms with Gasteiger partial charge in [-0.1, -0.05) is 17.8 Å². The highest BCUT2D eigenvalue weighted by Crippen LogP contribution is 2.21. The molecule has 0 unspecified atom stereocenters. The normalized spacial score (nSPS) is 10.6. The number of carbonyl (C=O) groups is 1. The molecule has 2 rings (SSSR count). The number of hydrogen-bond acceptors (Lipinski definition) is 5. The van der Waals surface area contributed by atoms with Crippen molar-refractivity contribution in [2.24, 2.45) is 0 Å². The Balaban J connectivity index is 2.11. The first-order chi connectivity index (χ1) is 10.2. The molecular weight excluding hydrogens is 288 g/mol. The highest BCUT2D eigenvalue weighted by molar-refractivity contribution is 7.99. The van der Waals surface area contributed by atoms with Crippen molar-refractivity contribution in [2.45, 2.75) is 19.0 Å². The van der Waals surface area contributed by atoms with Gasteiger partial charge in [0, 0.05) is 25.0 Å². The molecule has 0 spiro atoms. The van der Waals surface area contributed by atoms with Gasteiger partial charge in [0.25, 0.3) is 0 Å². The molecule has 0 aliphatic carbocycles. The Labute approximate surface area is 127 Å². The summed E-state index contributed by atoms with van der Waals surface area (Å²) in [5.74, 6) is 0.722. The topological polar surface area (TPSA) is 69.0 Å². The number of aromatic nitrogens is 3. The molecule has 1 heterocycles. The first-order valence-electron chi connectivity index (χ1n) is 6.69. The van der Waals surface area contributed by atoms with E-state index in [0.717, 1.165) is 22.3 Å². The summed E-state index contributed by atoms with van der Waals surface area (Å²) in [6.07, 6.45) is 1.66. The SMILES string of the molecule is CCOCCSc1nncn1-c1cccc(NC(C)=O)c1. The lowest BCUT2D eigenvalue weighted by atomic mass is 10.2. The van der Waals surface area contributed by atoms with Crippen LogP contribution >= 0.6 is 11.8 Å². The van der Waals surface area contributed by atoms with Crippen LogP contribution in [-0.2, 0) is 9.53 Å². The van der Waals surface area contributed by atoms with Crippen molar-refractivity contribution in [2.75, 3.05) is 24.3 Å². The van der Waals surface area contributed by atoms with Crippen molar-refractivity contribution < 1.29 is 9.53 Å². The number of anilines is 1. The summed E-state index contributed by atoms with van der Waals surface area (Å²) < 4.78 is 7.21. The van der Waals surface area contributed by atoms with Crippen LogP contribution in [0.2, 0.25) is 0 Å². The molecule has 0 saturated heterocycles. The van der Waals surface area contributed by atoms with Gasteiger partial charge in [0.05, 0.1) is 12.3 Å². The molecule has 0 aliphatic heterocycles. The summed E-state index contributed by atoms with van der Waals surface area (Å²) in [4.78, 5) is 11.1. The molecule has 7 heteroatoms. The number of amides is 1. The zero-order valence-electron chi connectivity index (χ0n) is 12.1. The van der Waals surface area contributed by atoms with Crippen molar-refractivity contribution in [1.29, 1.82) is 0 Å². The highest BCUT2D eigenvalue weighted by Gasteiger charge is 2.08. The van der Waals surface area contributed by atoms with Gasteiger partial charge < -0.3 is 10.1 Å². The van der Waals surface area contributed by atoms with E-state index >= 15 is 0 Å². The van der Waals surface area contributed by atoms with Gasteiger partial charge in [0.2, 0.25) is 5.91 Å². The Kier molecular flexibility index (Phi) is 5.77. The third kappa shape index (κ3) is 4.57. The summed E-state index contributed by atoms with van der Waals surface area (Å²) in [5.41, 5.74) is 1.66. The third-order valence-corrected chi connectivity index (χ3v) is 3.53. The maximum atomic E-state index is 11.1. The molecule has 1 aromatic heterocycles. The largest absolute Gasteiger partial charge is 0.381 e. The van der Waals surface area contributed by atoms with Crippen molar-refractivity contribution >= 4 is 23.4 Å². The Bertz CT molecular complexity index is 600. The minimum atomic E-state index is -0.0952. The van der Waals surface area contributed by atoms with Crippen molar-refractivity contribution in [3.05, 3.63) is 30.6 Å². The second-order valence-electron chi connectivity index (χ2n) is 4.26. The second-order valence-corrected chi connectivity index (χ2v) is 5.32. The fourth-order valence-electron chi connectivity index (χ4n) is 1.77. The number of rotatable bonds is 7. The molecule has 1 aromatic carbocycles. The summed E-state index contributed by atoms with van der Waals surface area (Å²) in [7, 11) is 0. The van der Waals surface area contributed by atoms with Gasteiger partial charge in [-0.3, -0.25) is 9.36 Å². The molecule has 2 aromatic rings. The van der Waals surface area contributed by atoms with E-state index in [2.05, 4.69) is 15.5 Å². The number of benzene rings is 1. The summed E-state index contributed by atoms with van der Waals surface area (Å²) in [5, 5.41) is 11.6. The summed E-state index contributed by atoms with van der Waals surface area (Å²) >= 11 is 1.59. The molecule has 6 nitrogen and oxygen atoms in total. The van der Waals surface area contributed by atoms with E-state index in [-0.39, 0.29) is 5.91 Å². The van der Waals surface area contributed by atoms with Crippen molar-refractivity contribution in [3.63, 3.8) is 0 Å². The molecule has 1 N–H and O–H groups in total. The van der Waals surface area contributed by atoms with Crippen LogP contribution in [-0.4, -0.2) is 39.6 Å². The van der Waals surface area contributed by atoms with Crippen LogP contribution in [0.3, 0.4) is 0 Å². The molecule has 0 bridgehead atoms. The lowest BCUT2D eigenvalue weighted by Gasteiger charge is -2.08. The maximum absolute atomic E-state index is 11.1. The predicted octanol–water partition coefficient (Wildman–Crippen LogP) is 2.35. The van der Waals surface area contributed by atoms with E-state index < -0.39 is 0 Å². The smallest absolute Gasteiger partial charge is 0.221 e. The van der Waals surface area contributed by atoms with Crippen LogP contribution in [0.5, 0.6) is 0 Å². The molecular formula is C14H18N4O2S. The molecule has 112 valence electrons. The first kappa shape index (κ1) is 15.5. The fourth-order valence-corrected chi connectivity index (χ4v) is 2.55. The zero-order valence-corrected chi connectivity index (χ0v) is 12.9. The average molecular weight is 306 g/mol.